The number of para-hydroxylation sites is 1. The molecule has 4 nitrogen and oxygen atoms in total. The number of nitrogens with one attached hydrogen (secondary N) is 1. The number of carbonyl (C=O) groups excluding carboxylic acids is 1. The van der Waals surface area contributed by atoms with Crippen molar-refractivity contribution in [3.05, 3.63) is 99.5 Å². The number of aryl methyl sites for hydroxylation is 3. The van der Waals surface area contributed by atoms with E-state index in [1.54, 1.807) is 11.8 Å². The summed E-state index contributed by atoms with van der Waals surface area (Å²) in [6, 6.07) is 22.3. The van der Waals surface area contributed by atoms with E-state index >= 15 is 0 Å². The molecule has 35 heavy (non-hydrogen) atoms. The van der Waals surface area contributed by atoms with Crippen LogP contribution in [0, 0.1) is 13.8 Å². The number of amides is 1. The van der Waals surface area contributed by atoms with Crippen LogP contribution in [-0.2, 0) is 11.3 Å². The van der Waals surface area contributed by atoms with Gasteiger partial charge in [0.15, 0.2) is 5.17 Å². The molecule has 0 saturated carbocycles. The second-order valence-electron chi connectivity index (χ2n) is 8.35. The standard InChI is InChI=1S/C28H24ClN3OS2/c1-18-7-10-22(15-19(18)2)30-28-31-27(33)26(35-28)16-20-17-32(25-6-4-3-5-24(20)25)13-14-34-23-11-8-21(29)9-12-23/h3-12,15-17H,13-14H2,1-2H3,(H,30,31,33)/b26-16-. The van der Waals surface area contributed by atoms with Gasteiger partial charge in [0.2, 0.25) is 0 Å². The maximum atomic E-state index is 12.7. The van der Waals surface area contributed by atoms with E-state index in [2.05, 4.69) is 47.1 Å². The molecule has 3 aromatic carbocycles. The first-order valence-corrected chi connectivity index (χ1v) is 13.5. The van der Waals surface area contributed by atoms with Crippen molar-refractivity contribution in [2.75, 3.05) is 5.75 Å². The Kier molecular flexibility index (Phi) is 7.04. The van der Waals surface area contributed by atoms with Gasteiger partial charge in [0, 0.05) is 44.9 Å². The van der Waals surface area contributed by atoms with E-state index in [4.69, 9.17) is 11.6 Å². The minimum absolute atomic E-state index is 0.118. The molecule has 1 amide bonds. The summed E-state index contributed by atoms with van der Waals surface area (Å²) in [5.74, 6) is 0.811. The Balaban J connectivity index is 1.36. The largest absolute Gasteiger partial charge is 0.346 e. The number of aliphatic imine (C=N–C) groups is 1. The van der Waals surface area contributed by atoms with E-state index in [9.17, 15) is 4.79 Å². The lowest BCUT2D eigenvalue weighted by molar-refractivity contribution is -0.115. The van der Waals surface area contributed by atoms with Crippen LogP contribution in [-0.4, -0.2) is 21.4 Å². The van der Waals surface area contributed by atoms with Crippen LogP contribution in [0.5, 0.6) is 0 Å². The highest BCUT2D eigenvalue weighted by Gasteiger charge is 2.24. The molecule has 176 valence electrons. The molecule has 0 radical (unpaired) electrons. The minimum atomic E-state index is -0.118. The first-order valence-electron chi connectivity index (χ1n) is 11.3. The van der Waals surface area contributed by atoms with Gasteiger partial charge in [0.05, 0.1) is 10.6 Å². The summed E-state index contributed by atoms with van der Waals surface area (Å²) in [7, 11) is 0. The van der Waals surface area contributed by atoms with E-state index in [1.165, 1.54) is 27.8 Å². The highest BCUT2D eigenvalue weighted by molar-refractivity contribution is 8.18. The Morgan fingerprint density at radius 1 is 1.06 bits per heavy atom. The third-order valence-corrected chi connectivity index (χ3v) is 8.05. The van der Waals surface area contributed by atoms with Gasteiger partial charge in [0.1, 0.15) is 0 Å². The molecule has 0 unspecified atom stereocenters. The number of fused-ring (bicyclic) bond motifs is 1. The number of benzene rings is 3. The van der Waals surface area contributed by atoms with Crippen LogP contribution in [0.1, 0.15) is 16.7 Å². The van der Waals surface area contributed by atoms with Crippen molar-refractivity contribution in [1.29, 1.82) is 0 Å². The number of thioether (sulfide) groups is 2. The predicted octanol–water partition coefficient (Wildman–Crippen LogP) is 7.60. The van der Waals surface area contributed by atoms with Crippen molar-refractivity contribution in [1.82, 2.24) is 9.88 Å². The van der Waals surface area contributed by atoms with Crippen molar-refractivity contribution in [3.8, 4) is 0 Å². The van der Waals surface area contributed by atoms with Gasteiger partial charge in [-0.1, -0.05) is 35.9 Å². The highest BCUT2D eigenvalue weighted by atomic mass is 35.5. The van der Waals surface area contributed by atoms with Gasteiger partial charge in [-0.05, 0) is 85.3 Å². The molecule has 1 fully saturated rings. The maximum absolute atomic E-state index is 12.7. The van der Waals surface area contributed by atoms with Crippen LogP contribution in [0.15, 0.2) is 87.7 Å². The molecule has 0 atom stereocenters. The maximum Gasteiger partial charge on any atom is 0.264 e. The number of rotatable bonds is 6. The lowest BCUT2D eigenvalue weighted by Crippen LogP contribution is -2.19. The van der Waals surface area contributed by atoms with Gasteiger partial charge < -0.3 is 9.88 Å². The Labute approximate surface area is 218 Å². The van der Waals surface area contributed by atoms with Crippen molar-refractivity contribution < 1.29 is 4.79 Å². The van der Waals surface area contributed by atoms with Crippen LogP contribution in [0.4, 0.5) is 5.69 Å². The monoisotopic (exact) mass is 517 g/mol. The van der Waals surface area contributed by atoms with E-state index in [-0.39, 0.29) is 5.91 Å². The Morgan fingerprint density at radius 3 is 2.66 bits per heavy atom. The van der Waals surface area contributed by atoms with Gasteiger partial charge in [-0.3, -0.25) is 4.79 Å². The third-order valence-electron chi connectivity index (χ3n) is 5.89. The van der Waals surface area contributed by atoms with Crippen LogP contribution < -0.4 is 5.32 Å². The van der Waals surface area contributed by atoms with E-state index in [0.29, 0.717) is 10.1 Å². The number of halogens is 1. The summed E-state index contributed by atoms with van der Waals surface area (Å²) in [4.78, 5) is 19.2. The lowest BCUT2D eigenvalue weighted by Gasteiger charge is -2.05. The number of aromatic nitrogens is 1. The highest BCUT2D eigenvalue weighted by Crippen LogP contribution is 2.32. The molecule has 0 aliphatic carbocycles. The van der Waals surface area contributed by atoms with Crippen LogP contribution in [0.25, 0.3) is 17.0 Å². The summed E-state index contributed by atoms with van der Waals surface area (Å²) in [5, 5.41) is 5.39. The van der Waals surface area contributed by atoms with E-state index < -0.39 is 0 Å². The lowest BCUT2D eigenvalue weighted by atomic mass is 10.1. The summed E-state index contributed by atoms with van der Waals surface area (Å²) in [6.45, 7) is 5.00. The van der Waals surface area contributed by atoms with Crippen molar-refractivity contribution in [3.63, 3.8) is 0 Å². The molecule has 0 spiro atoms. The first kappa shape index (κ1) is 23.8. The molecule has 0 bridgehead atoms. The van der Waals surface area contributed by atoms with Crippen LogP contribution in [0.2, 0.25) is 5.02 Å². The second kappa shape index (κ2) is 10.4. The fourth-order valence-electron chi connectivity index (χ4n) is 3.90. The molecule has 2 heterocycles. The summed E-state index contributed by atoms with van der Waals surface area (Å²) in [5.41, 5.74) is 5.43. The van der Waals surface area contributed by atoms with Crippen LogP contribution in [0.3, 0.4) is 0 Å². The number of nitrogens with zero attached hydrogens (tertiary/aromatic N) is 2. The molecular formula is C28H24ClN3OS2. The third kappa shape index (κ3) is 5.50. The zero-order valence-corrected chi connectivity index (χ0v) is 21.8. The summed E-state index contributed by atoms with van der Waals surface area (Å²) in [6.07, 6.45) is 4.10. The molecule has 1 saturated heterocycles. The molecule has 4 aromatic rings. The molecule has 1 N–H and O–H groups in total. The zero-order valence-electron chi connectivity index (χ0n) is 19.4. The average Bonchev–Trinajstić information content (AvgIpc) is 3.37. The quantitative estimate of drug-likeness (QED) is 0.211. The molecule has 7 heteroatoms. The van der Waals surface area contributed by atoms with Gasteiger partial charge in [0.25, 0.3) is 5.91 Å². The van der Waals surface area contributed by atoms with E-state index in [0.717, 1.165) is 39.5 Å². The minimum Gasteiger partial charge on any atom is -0.346 e. The van der Waals surface area contributed by atoms with E-state index in [1.807, 2.05) is 60.7 Å². The zero-order chi connectivity index (χ0) is 24.4. The Bertz CT molecular complexity index is 1470. The molecule has 1 aliphatic rings. The van der Waals surface area contributed by atoms with Gasteiger partial charge in [-0.25, -0.2) is 4.99 Å². The first-order chi connectivity index (χ1) is 17.0. The summed E-state index contributed by atoms with van der Waals surface area (Å²) < 4.78 is 2.26. The number of carbonyl (C=O) groups is 1. The fraction of sp³-hybridized carbons (Fsp3) is 0.143. The summed E-state index contributed by atoms with van der Waals surface area (Å²) >= 11 is 9.17. The fourth-order valence-corrected chi connectivity index (χ4v) is 5.71. The SMILES string of the molecule is Cc1ccc(N=C2NC(=O)/C(=C/c3cn(CCSc4ccc(Cl)cc4)c4ccccc34)S2)cc1C. The van der Waals surface area contributed by atoms with Crippen molar-refractivity contribution in [2.24, 2.45) is 4.99 Å². The number of hydrogen-bond donors (Lipinski definition) is 1. The van der Waals surface area contributed by atoms with Crippen molar-refractivity contribution >= 4 is 68.9 Å². The average molecular weight is 518 g/mol. The number of amidine groups is 1. The topological polar surface area (TPSA) is 46.4 Å². The Hall–Kier alpha value is -2.93. The van der Waals surface area contributed by atoms with Crippen LogP contribution >= 0.6 is 35.1 Å². The van der Waals surface area contributed by atoms with Crippen molar-refractivity contribution in [2.45, 2.75) is 25.3 Å². The van der Waals surface area contributed by atoms with Gasteiger partial charge in [-0.15, -0.1) is 11.8 Å². The molecular weight excluding hydrogens is 494 g/mol. The molecule has 1 aliphatic heterocycles. The number of hydrogen-bond acceptors (Lipinski definition) is 4. The second-order valence-corrected chi connectivity index (χ2v) is 11.0. The smallest absolute Gasteiger partial charge is 0.264 e. The normalized spacial score (nSPS) is 15.9. The predicted molar refractivity (Wildman–Crippen MR) is 151 cm³/mol. The Morgan fingerprint density at radius 2 is 1.86 bits per heavy atom. The molecule has 5 rings (SSSR count). The van der Waals surface area contributed by atoms with Gasteiger partial charge >= 0.3 is 0 Å². The van der Waals surface area contributed by atoms with Gasteiger partial charge in [-0.2, -0.15) is 0 Å². The molecule has 1 aromatic heterocycles.